The summed E-state index contributed by atoms with van der Waals surface area (Å²) in [6.07, 6.45) is 1.81. The molecule has 0 radical (unpaired) electrons. The topological polar surface area (TPSA) is 9.23 Å². The Labute approximate surface area is 63.9 Å². The summed E-state index contributed by atoms with van der Waals surface area (Å²) in [4.78, 5) is 0. The molecule has 0 spiro atoms. The number of rotatable bonds is 2. The van der Waals surface area contributed by atoms with Crippen LogP contribution in [0, 0.1) is 0 Å². The molecule has 0 N–H and O–H groups in total. The molecule has 0 aromatic heterocycles. The molecule has 0 unspecified atom stereocenters. The van der Waals surface area contributed by atoms with Gasteiger partial charge in [-0.3, -0.25) is 0 Å². The van der Waals surface area contributed by atoms with E-state index in [9.17, 15) is 0 Å². The molecular formula is C8H10OSi. The third-order valence-corrected chi connectivity index (χ3v) is 1.80. The van der Waals surface area contributed by atoms with Crippen LogP contribution in [0.25, 0.3) is 6.08 Å². The first kappa shape index (κ1) is 7.09. The molecular weight excluding hydrogens is 140 g/mol. The summed E-state index contributed by atoms with van der Waals surface area (Å²) in [5.74, 6) is 0.934. The summed E-state index contributed by atoms with van der Waals surface area (Å²) in [5.41, 5.74) is 1.10. The lowest BCUT2D eigenvalue weighted by Crippen LogP contribution is -1.84. The van der Waals surface area contributed by atoms with Crippen molar-refractivity contribution < 1.29 is 4.43 Å². The average Bonchev–Trinajstić information content (AvgIpc) is 2.05. The van der Waals surface area contributed by atoms with Crippen molar-refractivity contribution in [1.29, 1.82) is 0 Å². The molecule has 0 amide bonds. The zero-order chi connectivity index (χ0) is 7.40. The van der Waals surface area contributed by atoms with E-state index in [1.165, 1.54) is 0 Å². The molecule has 0 saturated carbocycles. The Bertz CT molecular complexity index is 232. The van der Waals surface area contributed by atoms with Gasteiger partial charge in [-0.05, 0) is 17.7 Å². The fourth-order valence-electron chi connectivity index (χ4n) is 0.768. The monoisotopic (exact) mass is 150 g/mol. The lowest BCUT2D eigenvalue weighted by atomic mass is 10.2. The van der Waals surface area contributed by atoms with Crippen molar-refractivity contribution >= 4 is 16.6 Å². The highest BCUT2D eigenvalue weighted by Gasteiger charge is 1.88. The van der Waals surface area contributed by atoms with Crippen molar-refractivity contribution in [2.45, 2.75) is 0 Å². The molecule has 0 aliphatic carbocycles. The van der Waals surface area contributed by atoms with Gasteiger partial charge in [0.25, 0.3) is 0 Å². The van der Waals surface area contributed by atoms with Gasteiger partial charge in [0, 0.05) is 0 Å². The van der Waals surface area contributed by atoms with Crippen molar-refractivity contribution in [1.82, 2.24) is 0 Å². The van der Waals surface area contributed by atoms with Gasteiger partial charge >= 0.3 is 0 Å². The maximum absolute atomic E-state index is 5.15. The van der Waals surface area contributed by atoms with Crippen LogP contribution in [-0.2, 0) is 0 Å². The Kier molecular flexibility index (Phi) is 2.28. The average molecular weight is 150 g/mol. The number of hydrogen-bond donors (Lipinski definition) is 0. The Morgan fingerprint density at radius 3 is 2.90 bits per heavy atom. The molecule has 2 heteroatoms. The van der Waals surface area contributed by atoms with E-state index in [-0.39, 0.29) is 0 Å². The van der Waals surface area contributed by atoms with E-state index in [0.29, 0.717) is 0 Å². The number of benzene rings is 1. The normalized spacial score (nSPS) is 9.20. The summed E-state index contributed by atoms with van der Waals surface area (Å²) in [6.45, 7) is 3.66. The Morgan fingerprint density at radius 2 is 2.30 bits per heavy atom. The second-order valence-electron chi connectivity index (χ2n) is 1.98. The third kappa shape index (κ3) is 1.48. The molecule has 1 aromatic rings. The summed E-state index contributed by atoms with van der Waals surface area (Å²) in [5, 5.41) is 0. The van der Waals surface area contributed by atoms with Crippen molar-refractivity contribution in [2.75, 3.05) is 0 Å². The van der Waals surface area contributed by atoms with Crippen LogP contribution in [0.5, 0.6) is 5.75 Å². The minimum Gasteiger partial charge on any atom is -0.553 e. The van der Waals surface area contributed by atoms with Crippen LogP contribution < -0.4 is 4.43 Å². The van der Waals surface area contributed by atoms with E-state index in [1.54, 1.807) is 0 Å². The lowest BCUT2D eigenvalue weighted by molar-refractivity contribution is 0.616. The van der Waals surface area contributed by atoms with Crippen molar-refractivity contribution in [3.8, 4) is 5.75 Å². The molecule has 1 nitrogen and oxygen atoms in total. The first-order chi connectivity index (χ1) is 4.86. The van der Waals surface area contributed by atoms with Gasteiger partial charge in [0.1, 0.15) is 5.75 Å². The van der Waals surface area contributed by atoms with E-state index in [0.717, 1.165) is 21.8 Å². The maximum atomic E-state index is 5.15. The highest BCUT2D eigenvalue weighted by Crippen LogP contribution is 2.12. The fraction of sp³-hybridized carbons (Fsp3) is 0. The largest absolute Gasteiger partial charge is 0.553 e. The van der Waals surface area contributed by atoms with Crippen molar-refractivity contribution in [3.05, 3.63) is 36.4 Å². The van der Waals surface area contributed by atoms with Gasteiger partial charge in [-0.2, -0.15) is 0 Å². The summed E-state index contributed by atoms with van der Waals surface area (Å²) in [6, 6.07) is 7.88. The Balaban J connectivity index is 2.98. The lowest BCUT2D eigenvalue weighted by Gasteiger charge is -1.99. The maximum Gasteiger partial charge on any atom is 0.204 e. The molecule has 1 rings (SSSR count). The fourth-order valence-corrected chi connectivity index (χ4v) is 1.02. The predicted octanol–water partition coefficient (Wildman–Crippen LogP) is 0.989. The SMILES string of the molecule is C=Cc1cccc(O[SiH3])c1. The molecule has 10 heavy (non-hydrogen) atoms. The summed E-state index contributed by atoms with van der Waals surface area (Å²) >= 11 is 0. The highest BCUT2D eigenvalue weighted by molar-refractivity contribution is 5.99. The molecule has 1 aromatic carbocycles. The molecule has 0 aliphatic heterocycles. The molecule has 0 fully saturated rings. The van der Waals surface area contributed by atoms with Crippen LogP contribution in [0.15, 0.2) is 30.8 Å². The molecule has 52 valence electrons. The Hall–Kier alpha value is -1.02. The van der Waals surface area contributed by atoms with Gasteiger partial charge < -0.3 is 4.43 Å². The smallest absolute Gasteiger partial charge is 0.204 e. The van der Waals surface area contributed by atoms with E-state index in [2.05, 4.69) is 6.58 Å². The van der Waals surface area contributed by atoms with Gasteiger partial charge in [0.15, 0.2) is 0 Å². The van der Waals surface area contributed by atoms with Gasteiger partial charge in [-0.25, -0.2) is 0 Å². The van der Waals surface area contributed by atoms with Crippen LogP contribution in [0.4, 0.5) is 0 Å². The van der Waals surface area contributed by atoms with Crippen LogP contribution in [0.3, 0.4) is 0 Å². The van der Waals surface area contributed by atoms with Crippen LogP contribution in [0.2, 0.25) is 0 Å². The second kappa shape index (κ2) is 3.22. The molecule has 0 heterocycles. The van der Waals surface area contributed by atoms with Gasteiger partial charge in [0.05, 0.1) is 0 Å². The van der Waals surface area contributed by atoms with E-state index < -0.39 is 0 Å². The number of hydrogen-bond acceptors (Lipinski definition) is 1. The van der Waals surface area contributed by atoms with Crippen molar-refractivity contribution in [2.24, 2.45) is 0 Å². The quantitative estimate of drug-likeness (QED) is 0.571. The van der Waals surface area contributed by atoms with E-state index in [4.69, 9.17) is 4.43 Å². The third-order valence-electron chi connectivity index (χ3n) is 1.33. The first-order valence-corrected chi connectivity index (χ1v) is 3.95. The molecule has 0 saturated heterocycles. The standard InChI is InChI=1S/C8H10OSi/c1-2-7-4-3-5-8(6-7)9-10/h2-6H,1H2,10H3. The second-order valence-corrected chi connectivity index (χ2v) is 2.39. The van der Waals surface area contributed by atoms with Gasteiger partial charge in [-0.1, -0.05) is 24.8 Å². The zero-order valence-electron chi connectivity index (χ0n) is 6.00. The molecule has 0 bridgehead atoms. The molecule has 0 aliphatic rings. The van der Waals surface area contributed by atoms with Gasteiger partial charge in [-0.15, -0.1) is 0 Å². The van der Waals surface area contributed by atoms with Crippen LogP contribution in [-0.4, -0.2) is 10.5 Å². The summed E-state index contributed by atoms with van der Waals surface area (Å²) < 4.78 is 5.15. The van der Waals surface area contributed by atoms with E-state index >= 15 is 0 Å². The molecule has 0 atom stereocenters. The predicted molar refractivity (Wildman–Crippen MR) is 47.1 cm³/mol. The minimum absolute atomic E-state index is 0.743. The van der Waals surface area contributed by atoms with Crippen LogP contribution in [0.1, 0.15) is 5.56 Å². The Morgan fingerprint density at radius 1 is 1.50 bits per heavy atom. The van der Waals surface area contributed by atoms with Crippen molar-refractivity contribution in [3.63, 3.8) is 0 Å². The van der Waals surface area contributed by atoms with Crippen LogP contribution >= 0.6 is 0 Å². The minimum atomic E-state index is 0.743. The van der Waals surface area contributed by atoms with E-state index in [1.807, 2.05) is 30.3 Å². The highest BCUT2D eigenvalue weighted by atomic mass is 28.2. The van der Waals surface area contributed by atoms with Gasteiger partial charge in [0.2, 0.25) is 10.5 Å². The zero-order valence-corrected chi connectivity index (χ0v) is 8.00. The summed E-state index contributed by atoms with van der Waals surface area (Å²) in [7, 11) is 0.743. The first-order valence-electron chi connectivity index (χ1n) is 3.13.